The molecule has 35 heavy (non-hydrogen) atoms. The van der Waals surface area contributed by atoms with Gasteiger partial charge >= 0.3 is 0 Å². The topological polar surface area (TPSA) is 66.8 Å². The molecule has 1 N–H and O–H groups in total. The maximum atomic E-state index is 13.7. The minimum absolute atomic E-state index is 0.0367. The lowest BCUT2D eigenvalue weighted by Gasteiger charge is -2.25. The molecule has 7 heteroatoms. The van der Waals surface area contributed by atoms with Crippen LogP contribution in [0.15, 0.2) is 78.4 Å². The second kappa shape index (κ2) is 10.7. The summed E-state index contributed by atoms with van der Waals surface area (Å²) in [6.45, 7) is 2.72. The van der Waals surface area contributed by atoms with Crippen molar-refractivity contribution in [2.75, 3.05) is 13.2 Å². The summed E-state index contributed by atoms with van der Waals surface area (Å²) in [6, 6.07) is 18.7. The fourth-order valence-electron chi connectivity index (χ4n) is 4.11. The number of nitrogens with zero attached hydrogens (tertiary/aromatic N) is 1. The first-order valence-electron chi connectivity index (χ1n) is 11.4. The Bertz CT molecular complexity index is 1250. The highest BCUT2D eigenvalue weighted by atomic mass is 35.5. The van der Waals surface area contributed by atoms with Crippen molar-refractivity contribution in [1.82, 2.24) is 4.90 Å². The normalized spacial score (nSPS) is 17.1. The largest absolute Gasteiger partial charge is 0.507 e. The number of hydrogen-bond acceptors (Lipinski definition) is 4. The molecule has 0 radical (unpaired) electrons. The SMILES string of the molecule is CCCOc1cccc(/C(O)=C2/C(=O)C(=O)N(CCc3ccc(Cl)cc3)C2c2ccc(F)cc2)c1. The lowest BCUT2D eigenvalue weighted by Crippen LogP contribution is -2.31. The molecule has 1 atom stereocenters. The summed E-state index contributed by atoms with van der Waals surface area (Å²) in [5.41, 5.74) is 1.79. The molecule has 0 spiro atoms. The molecule has 0 aromatic heterocycles. The van der Waals surface area contributed by atoms with E-state index in [2.05, 4.69) is 0 Å². The number of carbonyl (C=O) groups excluding carboxylic acids is 2. The van der Waals surface area contributed by atoms with Crippen molar-refractivity contribution in [2.45, 2.75) is 25.8 Å². The molecule has 1 unspecified atom stereocenters. The van der Waals surface area contributed by atoms with Gasteiger partial charge in [-0.1, -0.05) is 54.9 Å². The van der Waals surface area contributed by atoms with Gasteiger partial charge in [-0.05, 0) is 60.4 Å². The molecule has 1 aliphatic heterocycles. The zero-order valence-electron chi connectivity index (χ0n) is 19.2. The van der Waals surface area contributed by atoms with Gasteiger partial charge in [-0.15, -0.1) is 0 Å². The summed E-state index contributed by atoms with van der Waals surface area (Å²) in [5, 5.41) is 11.8. The molecule has 3 aromatic carbocycles. The van der Waals surface area contributed by atoms with E-state index in [1.54, 1.807) is 36.4 Å². The molecular formula is C28H25ClFNO4. The molecule has 1 heterocycles. The van der Waals surface area contributed by atoms with Crippen LogP contribution in [0.2, 0.25) is 5.02 Å². The molecule has 1 amide bonds. The van der Waals surface area contributed by atoms with Crippen molar-refractivity contribution in [1.29, 1.82) is 0 Å². The lowest BCUT2D eigenvalue weighted by atomic mass is 9.95. The maximum absolute atomic E-state index is 13.7. The Labute approximate surface area is 208 Å². The van der Waals surface area contributed by atoms with Crippen molar-refractivity contribution in [3.63, 3.8) is 0 Å². The molecule has 0 saturated carbocycles. The predicted octanol–water partition coefficient (Wildman–Crippen LogP) is 5.93. The van der Waals surface area contributed by atoms with Crippen LogP contribution in [-0.4, -0.2) is 34.8 Å². The van der Waals surface area contributed by atoms with E-state index in [9.17, 15) is 19.1 Å². The number of carbonyl (C=O) groups is 2. The number of amides is 1. The highest BCUT2D eigenvalue weighted by Gasteiger charge is 2.45. The van der Waals surface area contributed by atoms with Gasteiger partial charge in [0.25, 0.3) is 11.7 Å². The van der Waals surface area contributed by atoms with Crippen molar-refractivity contribution in [3.05, 3.63) is 106 Å². The third kappa shape index (κ3) is 5.38. The van der Waals surface area contributed by atoms with Gasteiger partial charge in [-0.2, -0.15) is 0 Å². The fraction of sp³-hybridized carbons (Fsp3) is 0.214. The van der Waals surface area contributed by atoms with Crippen LogP contribution in [0.4, 0.5) is 4.39 Å². The third-order valence-corrected chi connectivity index (χ3v) is 6.11. The van der Waals surface area contributed by atoms with E-state index < -0.39 is 23.5 Å². The molecule has 1 fully saturated rings. The zero-order valence-corrected chi connectivity index (χ0v) is 20.0. The summed E-state index contributed by atoms with van der Waals surface area (Å²) in [7, 11) is 0. The van der Waals surface area contributed by atoms with E-state index in [1.807, 2.05) is 19.1 Å². The van der Waals surface area contributed by atoms with Crippen LogP contribution in [-0.2, 0) is 16.0 Å². The van der Waals surface area contributed by atoms with Crippen molar-refractivity contribution < 1.29 is 23.8 Å². The van der Waals surface area contributed by atoms with Crippen molar-refractivity contribution in [2.24, 2.45) is 0 Å². The second-order valence-electron chi connectivity index (χ2n) is 8.30. The Balaban J connectivity index is 1.74. The number of benzene rings is 3. The Hall–Kier alpha value is -3.64. The van der Waals surface area contributed by atoms with Crippen LogP contribution in [0.1, 0.15) is 36.1 Å². The molecule has 180 valence electrons. The minimum atomic E-state index is -0.858. The molecule has 0 aliphatic carbocycles. The van der Waals surface area contributed by atoms with E-state index in [0.717, 1.165) is 12.0 Å². The molecular weight excluding hydrogens is 469 g/mol. The highest BCUT2D eigenvalue weighted by Crippen LogP contribution is 2.40. The van der Waals surface area contributed by atoms with E-state index in [4.69, 9.17) is 16.3 Å². The number of halogens is 2. The van der Waals surface area contributed by atoms with Gasteiger partial charge < -0.3 is 14.7 Å². The van der Waals surface area contributed by atoms with E-state index >= 15 is 0 Å². The molecule has 3 aromatic rings. The zero-order chi connectivity index (χ0) is 24.9. The standard InChI is InChI=1S/C28H25ClFNO4/c1-2-16-35-23-5-3-4-20(17-23)26(32)24-25(19-8-12-22(30)13-9-19)31(28(34)27(24)33)15-14-18-6-10-21(29)11-7-18/h3-13,17,25,32H,2,14-16H2,1H3/b26-24-. The fourth-order valence-corrected chi connectivity index (χ4v) is 4.24. The van der Waals surface area contributed by atoms with Gasteiger partial charge in [0.2, 0.25) is 0 Å². The van der Waals surface area contributed by atoms with E-state index in [0.29, 0.717) is 34.9 Å². The smallest absolute Gasteiger partial charge is 0.295 e. The average Bonchev–Trinajstić information content (AvgIpc) is 3.12. The Morgan fingerprint density at radius 1 is 1.06 bits per heavy atom. The van der Waals surface area contributed by atoms with Crippen LogP contribution < -0.4 is 4.74 Å². The van der Waals surface area contributed by atoms with Crippen LogP contribution in [0, 0.1) is 5.82 Å². The monoisotopic (exact) mass is 493 g/mol. The third-order valence-electron chi connectivity index (χ3n) is 5.86. The first-order valence-corrected chi connectivity index (χ1v) is 11.8. The van der Waals surface area contributed by atoms with E-state index in [-0.39, 0.29) is 17.9 Å². The summed E-state index contributed by atoms with van der Waals surface area (Å²) in [4.78, 5) is 27.7. The molecule has 5 nitrogen and oxygen atoms in total. The van der Waals surface area contributed by atoms with Gasteiger partial charge in [0, 0.05) is 17.1 Å². The van der Waals surface area contributed by atoms with Crippen molar-refractivity contribution in [3.8, 4) is 5.75 Å². The van der Waals surface area contributed by atoms with Crippen LogP contribution in [0.5, 0.6) is 5.75 Å². The first kappa shape index (κ1) is 24.5. The quantitative estimate of drug-likeness (QED) is 0.240. The van der Waals surface area contributed by atoms with Crippen LogP contribution in [0.3, 0.4) is 0 Å². The Morgan fingerprint density at radius 3 is 2.46 bits per heavy atom. The second-order valence-corrected chi connectivity index (χ2v) is 8.73. The van der Waals surface area contributed by atoms with Gasteiger partial charge in [0.05, 0.1) is 18.2 Å². The minimum Gasteiger partial charge on any atom is -0.507 e. The first-order chi connectivity index (χ1) is 16.9. The number of ketones is 1. The number of hydrogen-bond donors (Lipinski definition) is 1. The molecule has 1 saturated heterocycles. The van der Waals surface area contributed by atoms with Gasteiger partial charge in [-0.3, -0.25) is 9.59 Å². The summed E-state index contributed by atoms with van der Waals surface area (Å²) < 4.78 is 19.3. The average molecular weight is 494 g/mol. The van der Waals surface area contributed by atoms with E-state index in [1.165, 1.54) is 29.2 Å². The number of aliphatic hydroxyl groups excluding tert-OH is 1. The maximum Gasteiger partial charge on any atom is 0.295 e. The predicted molar refractivity (Wildman–Crippen MR) is 133 cm³/mol. The number of ether oxygens (including phenoxy) is 1. The van der Waals surface area contributed by atoms with Gasteiger partial charge in [-0.25, -0.2) is 4.39 Å². The molecule has 0 bridgehead atoms. The number of rotatable bonds is 8. The molecule has 4 rings (SSSR count). The number of likely N-dealkylation sites (tertiary alicyclic amines) is 1. The molecule has 1 aliphatic rings. The van der Waals surface area contributed by atoms with Crippen molar-refractivity contribution >= 4 is 29.1 Å². The lowest BCUT2D eigenvalue weighted by molar-refractivity contribution is -0.139. The van der Waals surface area contributed by atoms with Gasteiger partial charge in [0.15, 0.2) is 0 Å². The van der Waals surface area contributed by atoms with Crippen LogP contribution >= 0.6 is 11.6 Å². The van der Waals surface area contributed by atoms with Crippen LogP contribution in [0.25, 0.3) is 5.76 Å². The Kier molecular flexibility index (Phi) is 7.51. The summed E-state index contributed by atoms with van der Waals surface area (Å²) in [6.07, 6.45) is 1.29. The summed E-state index contributed by atoms with van der Waals surface area (Å²) in [5.74, 6) is -1.69. The summed E-state index contributed by atoms with van der Waals surface area (Å²) >= 11 is 5.97. The van der Waals surface area contributed by atoms with Gasteiger partial charge in [0.1, 0.15) is 17.3 Å². The Morgan fingerprint density at radius 2 is 1.77 bits per heavy atom. The highest BCUT2D eigenvalue weighted by molar-refractivity contribution is 6.46. The number of aliphatic hydroxyl groups is 1. The number of Topliss-reactive ketones (excluding diaryl/α,β-unsaturated/α-hetero) is 1.